The summed E-state index contributed by atoms with van der Waals surface area (Å²) in [5, 5.41) is 25.8. The SMILES string of the molecule is COC(=O)C[C@H]1[C@@]2(C)C[C@]34O[C@]5(C)O[C@]67[C@@H]8[C@H](C(=O)O[C@H]6[C@@]3(O)[C@H]2O)[C@]2(C=CO[C@H]2OC(=O)C(C)C)[C@H](OC(=O)C(C)C)[C@]8(C)CC[C@]7(O5)[C@]14C. The number of carbonyl (C=O) groups excluding carboxylic acids is 4. The van der Waals surface area contributed by atoms with Gasteiger partial charge < -0.3 is 48.1 Å². The number of esters is 4. The Morgan fingerprint density at radius 1 is 0.941 bits per heavy atom. The van der Waals surface area contributed by atoms with Crippen LogP contribution in [0.2, 0.25) is 0 Å². The molecule has 0 aromatic rings. The van der Waals surface area contributed by atoms with Crippen LogP contribution in [-0.4, -0.2) is 94.2 Å². The van der Waals surface area contributed by atoms with Crippen molar-refractivity contribution in [3.63, 3.8) is 0 Å². The normalized spacial score (nSPS) is 57.1. The zero-order chi connectivity index (χ0) is 36.9. The molecule has 5 saturated carbocycles. The first-order valence-corrected chi connectivity index (χ1v) is 18.2. The summed E-state index contributed by atoms with van der Waals surface area (Å²) in [6.45, 7) is 14.1. The van der Waals surface area contributed by atoms with Crippen LogP contribution in [0.15, 0.2) is 12.3 Å². The van der Waals surface area contributed by atoms with Gasteiger partial charge in [-0.1, -0.05) is 48.5 Å². The minimum absolute atomic E-state index is 0.0994. The average molecular weight is 717 g/mol. The molecule has 9 rings (SSSR count). The van der Waals surface area contributed by atoms with E-state index in [1.807, 2.05) is 20.8 Å². The average Bonchev–Trinajstić information content (AvgIpc) is 3.73. The molecule has 14 heteroatoms. The van der Waals surface area contributed by atoms with Gasteiger partial charge in [0.05, 0.1) is 37.2 Å². The van der Waals surface area contributed by atoms with Gasteiger partial charge >= 0.3 is 23.9 Å². The molecule has 51 heavy (non-hydrogen) atoms. The van der Waals surface area contributed by atoms with Gasteiger partial charge in [-0.25, -0.2) is 0 Å². The van der Waals surface area contributed by atoms with E-state index in [2.05, 4.69) is 0 Å². The number of hydrogen-bond donors (Lipinski definition) is 2. The molecule has 9 aliphatic rings. The number of hydrogen-bond acceptors (Lipinski definition) is 14. The molecule has 5 aliphatic carbocycles. The largest absolute Gasteiger partial charge is 0.469 e. The summed E-state index contributed by atoms with van der Waals surface area (Å²) in [6, 6.07) is 0. The van der Waals surface area contributed by atoms with Crippen molar-refractivity contribution in [2.24, 2.45) is 51.2 Å². The minimum atomic E-state index is -2.21. The maximum atomic E-state index is 15.0. The summed E-state index contributed by atoms with van der Waals surface area (Å²) < 4.78 is 51.3. The quantitative estimate of drug-likeness (QED) is 0.302. The van der Waals surface area contributed by atoms with E-state index in [0.29, 0.717) is 6.42 Å². The molecule has 280 valence electrons. The van der Waals surface area contributed by atoms with E-state index in [0.717, 1.165) is 0 Å². The Labute approximate surface area is 295 Å². The zero-order valence-electron chi connectivity index (χ0n) is 30.5. The van der Waals surface area contributed by atoms with Crippen molar-refractivity contribution in [2.75, 3.05) is 7.11 Å². The highest BCUT2D eigenvalue weighted by molar-refractivity contribution is 5.81. The Balaban J connectivity index is 1.33. The lowest BCUT2D eigenvalue weighted by molar-refractivity contribution is -0.479. The molecule has 4 bridgehead atoms. The van der Waals surface area contributed by atoms with Crippen LogP contribution in [0.3, 0.4) is 0 Å². The summed E-state index contributed by atoms with van der Waals surface area (Å²) in [5.74, 6) is -7.97. The van der Waals surface area contributed by atoms with E-state index >= 15 is 0 Å². The first-order valence-electron chi connectivity index (χ1n) is 18.2. The number of ether oxygens (including phenoxy) is 8. The molecule has 3 saturated heterocycles. The van der Waals surface area contributed by atoms with Gasteiger partial charge in [0.1, 0.15) is 28.3 Å². The van der Waals surface area contributed by atoms with Gasteiger partial charge in [-0.05, 0) is 31.3 Å². The predicted molar refractivity (Wildman–Crippen MR) is 168 cm³/mol. The maximum Gasteiger partial charge on any atom is 0.311 e. The molecule has 4 aliphatic heterocycles. The summed E-state index contributed by atoms with van der Waals surface area (Å²) in [4.78, 5) is 55.0. The fourth-order valence-electron chi connectivity index (χ4n) is 14.0. The van der Waals surface area contributed by atoms with Gasteiger partial charge in [-0.3, -0.25) is 19.2 Å². The van der Waals surface area contributed by atoms with E-state index in [1.165, 1.54) is 13.4 Å². The van der Waals surface area contributed by atoms with Crippen molar-refractivity contribution in [3.8, 4) is 0 Å². The Morgan fingerprint density at radius 2 is 1.59 bits per heavy atom. The Hall–Kier alpha value is -2.78. The molecule has 8 fully saturated rings. The van der Waals surface area contributed by atoms with Crippen LogP contribution in [0.5, 0.6) is 0 Å². The van der Waals surface area contributed by atoms with Crippen molar-refractivity contribution in [2.45, 2.75) is 134 Å². The molecule has 0 aromatic carbocycles. The van der Waals surface area contributed by atoms with Crippen molar-refractivity contribution >= 4 is 23.9 Å². The van der Waals surface area contributed by atoms with Crippen molar-refractivity contribution in [1.82, 2.24) is 0 Å². The summed E-state index contributed by atoms with van der Waals surface area (Å²) >= 11 is 0. The number of aliphatic hydroxyl groups is 2. The van der Waals surface area contributed by atoms with Crippen molar-refractivity contribution in [1.29, 1.82) is 0 Å². The molecule has 0 amide bonds. The highest BCUT2D eigenvalue weighted by Gasteiger charge is 3.05. The second-order valence-electron chi connectivity index (χ2n) is 18.2. The van der Waals surface area contributed by atoms with Crippen molar-refractivity contribution in [3.05, 3.63) is 12.3 Å². The second-order valence-corrected chi connectivity index (χ2v) is 18.2. The Bertz CT molecular complexity index is 1710. The van der Waals surface area contributed by atoms with Gasteiger partial charge in [-0.15, -0.1) is 0 Å². The van der Waals surface area contributed by atoms with Crippen LogP contribution in [0, 0.1) is 51.2 Å². The van der Waals surface area contributed by atoms with Crippen LogP contribution in [0.25, 0.3) is 0 Å². The van der Waals surface area contributed by atoms with Crippen LogP contribution in [-0.2, 0) is 57.1 Å². The van der Waals surface area contributed by atoms with E-state index in [-0.39, 0.29) is 19.3 Å². The minimum Gasteiger partial charge on any atom is -0.469 e. The predicted octanol–water partition coefficient (Wildman–Crippen LogP) is 2.26. The second kappa shape index (κ2) is 9.29. The number of fused-ring (bicyclic) bond motifs is 4. The van der Waals surface area contributed by atoms with Crippen LogP contribution in [0.4, 0.5) is 0 Å². The molecule has 4 heterocycles. The first kappa shape index (κ1) is 34.0. The summed E-state index contributed by atoms with van der Waals surface area (Å²) in [5.41, 5.74) is -11.8. The number of aliphatic hydroxyl groups excluding tert-OH is 1. The van der Waals surface area contributed by atoms with Gasteiger partial charge in [0.15, 0.2) is 11.7 Å². The summed E-state index contributed by atoms with van der Waals surface area (Å²) in [6.07, 6.45) is -1.86. The van der Waals surface area contributed by atoms with Gasteiger partial charge in [0.2, 0.25) is 0 Å². The van der Waals surface area contributed by atoms with E-state index in [9.17, 15) is 29.4 Å². The highest BCUT2D eigenvalue weighted by atomic mass is 16.9. The van der Waals surface area contributed by atoms with Crippen LogP contribution in [0.1, 0.15) is 81.1 Å². The molecule has 0 aromatic heterocycles. The fraction of sp³-hybridized carbons (Fsp3) is 0.838. The Kier molecular flexibility index (Phi) is 6.19. The van der Waals surface area contributed by atoms with Gasteiger partial charge in [0.25, 0.3) is 12.3 Å². The van der Waals surface area contributed by atoms with Gasteiger partial charge in [-0.2, -0.15) is 0 Å². The van der Waals surface area contributed by atoms with E-state index in [1.54, 1.807) is 40.7 Å². The lowest BCUT2D eigenvalue weighted by Crippen LogP contribution is -2.94. The fourth-order valence-corrected chi connectivity index (χ4v) is 14.0. The molecule has 2 N–H and O–H groups in total. The molecule has 16 atom stereocenters. The monoisotopic (exact) mass is 716 g/mol. The van der Waals surface area contributed by atoms with Crippen LogP contribution < -0.4 is 0 Å². The van der Waals surface area contributed by atoms with Gasteiger partial charge in [0, 0.05) is 35.5 Å². The standard InChI is InChI=1S/C37H48O14/c1-16(2)22(39)46-26-29(5)10-11-34-31(7)18(14-19(38)44-9)30(6)15-35(31)36(43,25(30)42)27-37(34,51-32(8,49-34)50-35)21(29)20(24(41)47-27)33(26)12-13-45-28(33)48-23(40)17(3)4/h12-13,16-18,20-21,25-28,42-43H,10-11,14-15H2,1-9H3/t18-,20+,21+,25-,26+,27-,28-,29+,30+,31-,32+,33+,34-,35+,36-,37+/m0/s1. The molecule has 4 spiro atoms. The molecular weight excluding hydrogens is 668 g/mol. The Morgan fingerprint density at radius 3 is 2.24 bits per heavy atom. The number of rotatable bonds is 6. The van der Waals surface area contributed by atoms with E-state index in [4.69, 9.17) is 37.9 Å². The number of methoxy groups -OCH3 is 1. The third-order valence-electron chi connectivity index (χ3n) is 15.5. The lowest BCUT2D eigenvalue weighted by Gasteiger charge is -2.77. The third kappa shape index (κ3) is 3.07. The summed E-state index contributed by atoms with van der Waals surface area (Å²) in [7, 11) is 1.31. The number of carbonyl (C=O) groups is 4. The molecule has 0 radical (unpaired) electrons. The molecule has 14 nitrogen and oxygen atoms in total. The smallest absolute Gasteiger partial charge is 0.311 e. The van der Waals surface area contributed by atoms with E-state index < -0.39 is 128 Å². The van der Waals surface area contributed by atoms with Crippen LogP contribution >= 0.6 is 0 Å². The molecular formula is C37H48O14. The zero-order valence-corrected chi connectivity index (χ0v) is 30.5. The lowest BCUT2D eigenvalue weighted by atomic mass is 9.33. The topological polar surface area (TPSA) is 183 Å². The first-order chi connectivity index (χ1) is 23.7. The highest BCUT2D eigenvalue weighted by Crippen LogP contribution is 2.91. The van der Waals surface area contributed by atoms with Crippen molar-refractivity contribution < 1.29 is 67.3 Å². The maximum absolute atomic E-state index is 15.0. The molecule has 0 unspecified atom stereocenters. The third-order valence-corrected chi connectivity index (χ3v) is 15.5.